The number of ether oxygens (including phenoxy) is 1. The van der Waals surface area contributed by atoms with Crippen molar-refractivity contribution in [2.45, 2.75) is 6.42 Å². The SMILES string of the molecule is O=C(/C=C/c1ccc([N+](=O)[O-])s1)NCCCN1CCOCC1. The monoisotopic (exact) mass is 325 g/mol. The number of nitro groups is 1. The minimum Gasteiger partial charge on any atom is -0.379 e. The Morgan fingerprint density at radius 2 is 2.23 bits per heavy atom. The van der Waals surface area contributed by atoms with Gasteiger partial charge in [0.25, 0.3) is 0 Å². The minimum absolute atomic E-state index is 0.0746. The normalized spacial score (nSPS) is 16.0. The summed E-state index contributed by atoms with van der Waals surface area (Å²) in [6, 6.07) is 3.07. The number of amides is 1. The van der Waals surface area contributed by atoms with E-state index in [1.165, 1.54) is 12.1 Å². The summed E-state index contributed by atoms with van der Waals surface area (Å²) in [4.78, 5) is 24.8. The van der Waals surface area contributed by atoms with Crippen LogP contribution in [0.2, 0.25) is 0 Å². The largest absolute Gasteiger partial charge is 0.379 e. The lowest BCUT2D eigenvalue weighted by atomic mass is 10.3. The fourth-order valence-corrected chi connectivity index (χ4v) is 2.81. The van der Waals surface area contributed by atoms with Crippen molar-refractivity contribution < 1.29 is 14.5 Å². The second kappa shape index (κ2) is 8.62. The Morgan fingerprint density at radius 1 is 1.45 bits per heavy atom. The summed E-state index contributed by atoms with van der Waals surface area (Å²) in [5, 5.41) is 13.4. The van der Waals surface area contributed by atoms with Crippen molar-refractivity contribution in [2.75, 3.05) is 39.4 Å². The molecule has 2 rings (SSSR count). The third kappa shape index (κ3) is 5.55. The molecule has 1 aromatic rings. The Bertz CT molecular complexity index is 538. The van der Waals surface area contributed by atoms with Crippen LogP contribution in [0, 0.1) is 10.1 Å². The number of hydrogen-bond acceptors (Lipinski definition) is 6. The lowest BCUT2D eigenvalue weighted by Crippen LogP contribution is -2.38. The highest BCUT2D eigenvalue weighted by molar-refractivity contribution is 7.16. The first kappa shape index (κ1) is 16.6. The first-order chi connectivity index (χ1) is 10.6. The molecule has 2 heterocycles. The molecule has 1 saturated heterocycles. The number of nitrogens with zero attached hydrogens (tertiary/aromatic N) is 2. The lowest BCUT2D eigenvalue weighted by Gasteiger charge is -2.26. The molecule has 1 fully saturated rings. The highest BCUT2D eigenvalue weighted by Crippen LogP contribution is 2.24. The van der Waals surface area contributed by atoms with Crippen LogP contribution in [0.1, 0.15) is 11.3 Å². The van der Waals surface area contributed by atoms with Crippen molar-refractivity contribution >= 4 is 28.3 Å². The van der Waals surface area contributed by atoms with Crippen LogP contribution in [0.3, 0.4) is 0 Å². The van der Waals surface area contributed by atoms with Crippen molar-refractivity contribution in [3.8, 4) is 0 Å². The average Bonchev–Trinajstić information content (AvgIpc) is 3.00. The van der Waals surface area contributed by atoms with Gasteiger partial charge in [0.05, 0.1) is 18.1 Å². The highest BCUT2D eigenvalue weighted by atomic mass is 32.1. The Hall–Kier alpha value is -1.77. The van der Waals surface area contributed by atoms with Gasteiger partial charge in [0.1, 0.15) is 0 Å². The van der Waals surface area contributed by atoms with E-state index < -0.39 is 4.92 Å². The molecule has 120 valence electrons. The molecular weight excluding hydrogens is 306 g/mol. The first-order valence-corrected chi connectivity index (χ1v) is 7.97. The fourth-order valence-electron chi connectivity index (χ4n) is 2.09. The molecule has 0 atom stereocenters. The summed E-state index contributed by atoms with van der Waals surface area (Å²) < 4.78 is 5.27. The van der Waals surface area contributed by atoms with Crippen molar-refractivity contribution in [2.24, 2.45) is 0 Å². The van der Waals surface area contributed by atoms with Gasteiger partial charge in [-0.25, -0.2) is 0 Å². The van der Waals surface area contributed by atoms with Gasteiger partial charge >= 0.3 is 5.00 Å². The van der Waals surface area contributed by atoms with Crippen LogP contribution < -0.4 is 5.32 Å². The summed E-state index contributed by atoms with van der Waals surface area (Å²) >= 11 is 1.05. The maximum absolute atomic E-state index is 11.6. The van der Waals surface area contributed by atoms with Gasteiger partial charge in [-0.3, -0.25) is 19.8 Å². The van der Waals surface area contributed by atoms with Gasteiger partial charge in [-0.15, -0.1) is 0 Å². The van der Waals surface area contributed by atoms with Gasteiger partial charge in [0, 0.05) is 36.7 Å². The molecular formula is C14H19N3O4S. The molecule has 0 spiro atoms. The number of carbonyl (C=O) groups is 1. The number of thiophene rings is 1. The molecule has 1 amide bonds. The molecule has 0 radical (unpaired) electrons. The smallest absolute Gasteiger partial charge is 0.324 e. The van der Waals surface area contributed by atoms with Gasteiger partial charge in [-0.2, -0.15) is 0 Å². The molecule has 0 aromatic carbocycles. The molecule has 8 heteroatoms. The summed E-state index contributed by atoms with van der Waals surface area (Å²) in [7, 11) is 0. The van der Waals surface area contributed by atoms with E-state index >= 15 is 0 Å². The Balaban J connectivity index is 1.64. The summed E-state index contributed by atoms with van der Waals surface area (Å²) in [6.45, 7) is 5.02. The van der Waals surface area contributed by atoms with E-state index in [4.69, 9.17) is 4.74 Å². The third-order valence-corrected chi connectivity index (χ3v) is 4.25. The van der Waals surface area contributed by atoms with E-state index in [0.717, 1.165) is 50.6 Å². The van der Waals surface area contributed by atoms with Crippen LogP contribution in [0.15, 0.2) is 18.2 Å². The van der Waals surface area contributed by atoms with E-state index in [-0.39, 0.29) is 10.9 Å². The molecule has 0 bridgehead atoms. The van der Waals surface area contributed by atoms with E-state index in [1.807, 2.05) is 0 Å². The fraction of sp³-hybridized carbons (Fsp3) is 0.500. The van der Waals surface area contributed by atoms with Gasteiger partial charge in [0.15, 0.2) is 0 Å². The van der Waals surface area contributed by atoms with Crippen LogP contribution in [0.25, 0.3) is 6.08 Å². The second-order valence-corrected chi connectivity index (χ2v) is 5.96. The Labute approximate surface area is 132 Å². The minimum atomic E-state index is -0.437. The summed E-state index contributed by atoms with van der Waals surface area (Å²) in [5.74, 6) is -0.182. The number of rotatable bonds is 7. The number of morpholine rings is 1. The van der Waals surface area contributed by atoms with E-state index in [9.17, 15) is 14.9 Å². The Kier molecular flexibility index (Phi) is 6.50. The predicted molar refractivity (Wildman–Crippen MR) is 84.9 cm³/mol. The highest BCUT2D eigenvalue weighted by Gasteiger charge is 2.09. The first-order valence-electron chi connectivity index (χ1n) is 7.15. The van der Waals surface area contributed by atoms with Crippen molar-refractivity contribution in [3.63, 3.8) is 0 Å². The summed E-state index contributed by atoms with van der Waals surface area (Å²) in [6.07, 6.45) is 3.89. The molecule has 0 aliphatic carbocycles. The van der Waals surface area contributed by atoms with Gasteiger partial charge in [-0.1, -0.05) is 11.3 Å². The maximum atomic E-state index is 11.6. The zero-order chi connectivity index (χ0) is 15.8. The van der Waals surface area contributed by atoms with Gasteiger partial charge < -0.3 is 10.1 Å². The van der Waals surface area contributed by atoms with E-state index in [0.29, 0.717) is 11.4 Å². The number of nitrogens with one attached hydrogen (secondary N) is 1. The molecule has 1 N–H and O–H groups in total. The van der Waals surface area contributed by atoms with Crippen LogP contribution in [0.4, 0.5) is 5.00 Å². The third-order valence-electron chi connectivity index (χ3n) is 3.25. The van der Waals surface area contributed by atoms with Crippen molar-refractivity contribution in [3.05, 3.63) is 33.2 Å². The van der Waals surface area contributed by atoms with Crippen LogP contribution >= 0.6 is 11.3 Å². The summed E-state index contributed by atoms with van der Waals surface area (Å²) in [5.41, 5.74) is 0. The Morgan fingerprint density at radius 3 is 2.91 bits per heavy atom. The standard InChI is InChI=1S/C14H19N3O4S/c18-13(4-2-12-3-5-14(22-12)17(19)20)15-6-1-7-16-8-10-21-11-9-16/h2-5H,1,6-11H2,(H,15,18)/b4-2+. The molecule has 0 saturated carbocycles. The zero-order valence-corrected chi connectivity index (χ0v) is 13.0. The molecule has 22 heavy (non-hydrogen) atoms. The molecule has 1 aromatic heterocycles. The average molecular weight is 325 g/mol. The lowest BCUT2D eigenvalue weighted by molar-refractivity contribution is -0.380. The van der Waals surface area contributed by atoms with Crippen LogP contribution in [-0.4, -0.2) is 55.1 Å². The van der Waals surface area contributed by atoms with E-state index in [2.05, 4.69) is 10.2 Å². The molecule has 1 aliphatic rings. The topological polar surface area (TPSA) is 84.7 Å². The van der Waals surface area contributed by atoms with Crippen LogP contribution in [0.5, 0.6) is 0 Å². The number of hydrogen-bond donors (Lipinski definition) is 1. The molecule has 0 unspecified atom stereocenters. The zero-order valence-electron chi connectivity index (χ0n) is 12.2. The molecule has 7 nitrogen and oxygen atoms in total. The molecule has 1 aliphatic heterocycles. The number of carbonyl (C=O) groups excluding carboxylic acids is 1. The van der Waals surface area contributed by atoms with Crippen molar-refractivity contribution in [1.82, 2.24) is 10.2 Å². The van der Waals surface area contributed by atoms with Gasteiger partial charge in [-0.05, 0) is 25.1 Å². The van der Waals surface area contributed by atoms with E-state index in [1.54, 1.807) is 12.1 Å². The van der Waals surface area contributed by atoms with Crippen LogP contribution in [-0.2, 0) is 9.53 Å². The maximum Gasteiger partial charge on any atom is 0.324 e. The second-order valence-electron chi connectivity index (χ2n) is 4.87. The van der Waals surface area contributed by atoms with Gasteiger partial charge in [0.2, 0.25) is 5.91 Å². The van der Waals surface area contributed by atoms with Crippen molar-refractivity contribution in [1.29, 1.82) is 0 Å². The quantitative estimate of drug-likeness (QED) is 0.355. The predicted octanol–water partition coefficient (Wildman–Crippen LogP) is 1.51.